The van der Waals surface area contributed by atoms with E-state index in [0.29, 0.717) is 6.61 Å². The summed E-state index contributed by atoms with van der Waals surface area (Å²) in [5.41, 5.74) is 6.94. The lowest BCUT2D eigenvalue weighted by atomic mass is 10.2. The molecule has 0 aliphatic carbocycles. The molecule has 0 radical (unpaired) electrons. The van der Waals surface area contributed by atoms with E-state index in [4.69, 9.17) is 10.5 Å². The number of ether oxygens (including phenoxy) is 1. The molecule has 0 aliphatic rings. The Labute approximate surface area is 105 Å². The SMILES string of the molecule is COCC(N)CCNc1ncc(Br)cc1C. The second-order valence-electron chi connectivity index (χ2n) is 3.75. The van der Waals surface area contributed by atoms with Crippen LogP contribution >= 0.6 is 15.9 Å². The van der Waals surface area contributed by atoms with E-state index in [1.165, 1.54) is 0 Å². The quantitative estimate of drug-likeness (QED) is 0.839. The highest BCUT2D eigenvalue weighted by atomic mass is 79.9. The summed E-state index contributed by atoms with van der Waals surface area (Å²) in [6.07, 6.45) is 2.65. The Kier molecular flexibility index (Phi) is 5.73. The van der Waals surface area contributed by atoms with Crippen molar-refractivity contribution < 1.29 is 4.74 Å². The normalized spacial score (nSPS) is 12.5. The van der Waals surface area contributed by atoms with Crippen molar-refractivity contribution in [2.75, 3.05) is 25.6 Å². The maximum absolute atomic E-state index is 5.82. The van der Waals surface area contributed by atoms with Gasteiger partial charge in [-0.2, -0.15) is 0 Å². The van der Waals surface area contributed by atoms with Gasteiger partial charge in [0.1, 0.15) is 5.82 Å². The second-order valence-corrected chi connectivity index (χ2v) is 4.67. The van der Waals surface area contributed by atoms with Crippen molar-refractivity contribution in [2.24, 2.45) is 5.73 Å². The molecule has 4 nitrogen and oxygen atoms in total. The van der Waals surface area contributed by atoms with Gasteiger partial charge in [0.2, 0.25) is 0 Å². The summed E-state index contributed by atoms with van der Waals surface area (Å²) >= 11 is 3.38. The predicted molar refractivity (Wildman–Crippen MR) is 69.6 cm³/mol. The van der Waals surface area contributed by atoms with Gasteiger partial charge in [0.15, 0.2) is 0 Å². The molecule has 0 amide bonds. The highest BCUT2D eigenvalue weighted by Gasteiger charge is 2.03. The summed E-state index contributed by atoms with van der Waals surface area (Å²) < 4.78 is 5.96. The molecular formula is C11H18BrN3O. The standard InChI is InChI=1S/C11H18BrN3O/c1-8-5-9(12)6-15-11(8)14-4-3-10(13)7-16-2/h5-6,10H,3-4,7,13H2,1-2H3,(H,14,15). The van der Waals surface area contributed by atoms with E-state index in [0.717, 1.165) is 28.8 Å². The molecule has 1 rings (SSSR count). The van der Waals surface area contributed by atoms with Crippen molar-refractivity contribution in [3.63, 3.8) is 0 Å². The largest absolute Gasteiger partial charge is 0.383 e. The fraction of sp³-hybridized carbons (Fsp3) is 0.545. The van der Waals surface area contributed by atoms with Crippen molar-refractivity contribution in [3.8, 4) is 0 Å². The first-order valence-electron chi connectivity index (χ1n) is 5.24. The van der Waals surface area contributed by atoms with Gasteiger partial charge in [0, 0.05) is 30.4 Å². The van der Waals surface area contributed by atoms with Crippen LogP contribution in [0.15, 0.2) is 16.7 Å². The van der Waals surface area contributed by atoms with Gasteiger partial charge < -0.3 is 15.8 Å². The minimum atomic E-state index is 0.0771. The second kappa shape index (κ2) is 6.83. The van der Waals surface area contributed by atoms with Crippen molar-refractivity contribution in [3.05, 3.63) is 22.3 Å². The van der Waals surface area contributed by atoms with E-state index >= 15 is 0 Å². The van der Waals surface area contributed by atoms with Gasteiger partial charge in [-0.25, -0.2) is 4.98 Å². The van der Waals surface area contributed by atoms with Gasteiger partial charge in [-0.15, -0.1) is 0 Å². The fourth-order valence-electron chi connectivity index (χ4n) is 1.40. The highest BCUT2D eigenvalue weighted by Crippen LogP contribution is 2.16. The van der Waals surface area contributed by atoms with Gasteiger partial charge in [-0.1, -0.05) is 0 Å². The molecule has 5 heteroatoms. The van der Waals surface area contributed by atoms with E-state index in [1.54, 1.807) is 13.3 Å². The molecule has 0 aliphatic heterocycles. The number of methoxy groups -OCH3 is 1. The fourth-order valence-corrected chi connectivity index (χ4v) is 1.84. The van der Waals surface area contributed by atoms with E-state index in [1.807, 2.05) is 13.0 Å². The van der Waals surface area contributed by atoms with Crippen LogP contribution in [0.5, 0.6) is 0 Å². The van der Waals surface area contributed by atoms with Crippen LogP contribution in [0.1, 0.15) is 12.0 Å². The zero-order valence-corrected chi connectivity index (χ0v) is 11.3. The summed E-state index contributed by atoms with van der Waals surface area (Å²) in [5.74, 6) is 0.910. The van der Waals surface area contributed by atoms with Crippen LogP contribution in [0.25, 0.3) is 0 Å². The van der Waals surface area contributed by atoms with Crippen LogP contribution in [-0.4, -0.2) is 31.3 Å². The Bertz CT molecular complexity index is 333. The van der Waals surface area contributed by atoms with Crippen LogP contribution in [-0.2, 0) is 4.74 Å². The molecular weight excluding hydrogens is 270 g/mol. The van der Waals surface area contributed by atoms with Crippen molar-refractivity contribution in [1.82, 2.24) is 4.98 Å². The molecule has 0 aromatic carbocycles. The first-order valence-corrected chi connectivity index (χ1v) is 6.03. The number of anilines is 1. The van der Waals surface area contributed by atoms with E-state index in [-0.39, 0.29) is 6.04 Å². The Morgan fingerprint density at radius 1 is 1.62 bits per heavy atom. The average Bonchev–Trinajstić information content (AvgIpc) is 2.22. The molecule has 0 fully saturated rings. The number of nitrogens with zero attached hydrogens (tertiary/aromatic N) is 1. The van der Waals surface area contributed by atoms with E-state index in [2.05, 4.69) is 26.2 Å². The number of pyridine rings is 1. The summed E-state index contributed by atoms with van der Waals surface area (Å²) in [7, 11) is 1.66. The van der Waals surface area contributed by atoms with Crippen LogP contribution in [0, 0.1) is 6.92 Å². The maximum Gasteiger partial charge on any atom is 0.128 e. The molecule has 1 unspecified atom stereocenters. The molecule has 3 N–H and O–H groups in total. The number of nitrogens with two attached hydrogens (primary N) is 1. The van der Waals surface area contributed by atoms with Crippen LogP contribution in [0.3, 0.4) is 0 Å². The van der Waals surface area contributed by atoms with Gasteiger partial charge in [0.25, 0.3) is 0 Å². The zero-order chi connectivity index (χ0) is 12.0. The lowest BCUT2D eigenvalue weighted by molar-refractivity contribution is 0.178. The van der Waals surface area contributed by atoms with E-state index < -0.39 is 0 Å². The number of aromatic nitrogens is 1. The zero-order valence-electron chi connectivity index (χ0n) is 9.66. The average molecular weight is 288 g/mol. The molecule has 1 heterocycles. The Morgan fingerprint density at radius 3 is 3.00 bits per heavy atom. The predicted octanol–water partition coefficient (Wildman–Crippen LogP) is 1.93. The monoisotopic (exact) mass is 287 g/mol. The Morgan fingerprint density at radius 2 is 2.38 bits per heavy atom. The summed E-state index contributed by atoms with van der Waals surface area (Å²) in [6, 6.07) is 2.11. The molecule has 0 saturated carbocycles. The van der Waals surface area contributed by atoms with Crippen molar-refractivity contribution in [1.29, 1.82) is 0 Å². The first kappa shape index (κ1) is 13.4. The molecule has 0 spiro atoms. The topological polar surface area (TPSA) is 60.2 Å². The summed E-state index contributed by atoms with van der Waals surface area (Å²) in [4.78, 5) is 4.29. The van der Waals surface area contributed by atoms with Crippen LogP contribution < -0.4 is 11.1 Å². The molecule has 1 atom stereocenters. The molecule has 0 saturated heterocycles. The van der Waals surface area contributed by atoms with Crippen molar-refractivity contribution in [2.45, 2.75) is 19.4 Å². The minimum absolute atomic E-state index is 0.0771. The summed E-state index contributed by atoms with van der Waals surface area (Å²) in [6.45, 7) is 3.42. The highest BCUT2D eigenvalue weighted by molar-refractivity contribution is 9.10. The Balaban J connectivity index is 2.37. The number of nitrogens with one attached hydrogen (secondary N) is 1. The molecule has 1 aromatic heterocycles. The number of hydrogen-bond acceptors (Lipinski definition) is 4. The number of rotatable bonds is 6. The van der Waals surface area contributed by atoms with Crippen molar-refractivity contribution >= 4 is 21.7 Å². The smallest absolute Gasteiger partial charge is 0.128 e. The first-order chi connectivity index (χ1) is 7.63. The van der Waals surface area contributed by atoms with E-state index in [9.17, 15) is 0 Å². The van der Waals surface area contributed by atoms with Crippen LogP contribution in [0.2, 0.25) is 0 Å². The maximum atomic E-state index is 5.82. The lowest BCUT2D eigenvalue weighted by Crippen LogP contribution is -2.28. The van der Waals surface area contributed by atoms with Gasteiger partial charge in [-0.3, -0.25) is 0 Å². The number of aryl methyl sites for hydroxylation is 1. The number of hydrogen-bond donors (Lipinski definition) is 2. The third kappa shape index (κ3) is 4.47. The lowest BCUT2D eigenvalue weighted by Gasteiger charge is -2.12. The van der Waals surface area contributed by atoms with Crippen LogP contribution in [0.4, 0.5) is 5.82 Å². The van der Waals surface area contributed by atoms with Gasteiger partial charge >= 0.3 is 0 Å². The molecule has 0 bridgehead atoms. The minimum Gasteiger partial charge on any atom is -0.383 e. The summed E-state index contributed by atoms with van der Waals surface area (Å²) in [5, 5.41) is 3.26. The number of halogens is 1. The molecule has 90 valence electrons. The Hall–Kier alpha value is -0.650. The molecule has 1 aromatic rings. The van der Waals surface area contributed by atoms with Gasteiger partial charge in [-0.05, 0) is 40.9 Å². The third-order valence-electron chi connectivity index (χ3n) is 2.23. The molecule has 16 heavy (non-hydrogen) atoms. The third-order valence-corrected chi connectivity index (χ3v) is 2.67. The van der Waals surface area contributed by atoms with Gasteiger partial charge in [0.05, 0.1) is 6.61 Å².